The van der Waals surface area contributed by atoms with Crippen LogP contribution in [0.4, 0.5) is 4.39 Å². The quantitative estimate of drug-likeness (QED) is 0.745. The molecule has 0 radical (unpaired) electrons. The van der Waals surface area contributed by atoms with E-state index in [0.717, 1.165) is 6.42 Å². The van der Waals surface area contributed by atoms with Crippen LogP contribution < -0.4 is 10.6 Å². The van der Waals surface area contributed by atoms with E-state index in [2.05, 4.69) is 10.6 Å². The highest BCUT2D eigenvalue weighted by molar-refractivity contribution is 5.94. The Kier molecular flexibility index (Phi) is 6.93. The van der Waals surface area contributed by atoms with Crippen LogP contribution in [-0.2, 0) is 9.59 Å². The minimum Gasteiger partial charge on any atom is -0.354 e. The summed E-state index contributed by atoms with van der Waals surface area (Å²) < 4.78 is 12.9. The topological polar surface area (TPSA) is 78.5 Å². The summed E-state index contributed by atoms with van der Waals surface area (Å²) in [6, 6.07) is 4.91. The molecule has 0 saturated carbocycles. The van der Waals surface area contributed by atoms with Crippen molar-refractivity contribution in [2.75, 3.05) is 19.6 Å². The first-order valence-corrected chi connectivity index (χ1v) is 9.32. The lowest BCUT2D eigenvalue weighted by Gasteiger charge is -2.30. The van der Waals surface area contributed by atoms with Gasteiger partial charge in [0.05, 0.1) is 0 Å². The number of nitrogens with one attached hydrogen (secondary N) is 2. The number of hydrogen-bond donors (Lipinski definition) is 2. The first-order valence-electron chi connectivity index (χ1n) is 9.32. The number of carbonyl (C=O) groups excluding carboxylic acids is 3. The summed E-state index contributed by atoms with van der Waals surface area (Å²) >= 11 is 0. The lowest BCUT2D eigenvalue weighted by Crippen LogP contribution is -2.49. The van der Waals surface area contributed by atoms with Gasteiger partial charge in [-0.15, -0.1) is 0 Å². The molecule has 6 nitrogen and oxygen atoms in total. The maximum Gasteiger partial charge on any atom is 0.251 e. The molecule has 3 amide bonds. The Labute approximate surface area is 159 Å². The lowest BCUT2D eigenvalue weighted by molar-refractivity contribution is -0.144. The Morgan fingerprint density at radius 2 is 1.74 bits per heavy atom. The van der Waals surface area contributed by atoms with Crippen molar-refractivity contribution < 1.29 is 18.8 Å². The Morgan fingerprint density at radius 1 is 1.11 bits per heavy atom. The zero-order valence-corrected chi connectivity index (χ0v) is 16.2. The highest BCUT2D eigenvalue weighted by Crippen LogP contribution is 2.25. The first-order chi connectivity index (χ1) is 12.7. The van der Waals surface area contributed by atoms with Crippen molar-refractivity contribution in [1.29, 1.82) is 0 Å². The van der Waals surface area contributed by atoms with Gasteiger partial charge in [0.1, 0.15) is 11.9 Å². The van der Waals surface area contributed by atoms with E-state index in [0.29, 0.717) is 38.0 Å². The SMILES string of the molecule is CC(C)(C)C(=O)N1CCC[C@H]1C(=O)NCCCNC(=O)c1ccc(F)cc1. The summed E-state index contributed by atoms with van der Waals surface area (Å²) in [7, 11) is 0. The van der Waals surface area contributed by atoms with Crippen LogP contribution >= 0.6 is 0 Å². The van der Waals surface area contributed by atoms with Crippen LogP contribution in [0.3, 0.4) is 0 Å². The third-order valence-corrected chi connectivity index (χ3v) is 4.50. The molecular weight excluding hydrogens is 349 g/mol. The van der Waals surface area contributed by atoms with E-state index in [-0.39, 0.29) is 23.5 Å². The molecule has 1 aliphatic heterocycles. The van der Waals surface area contributed by atoms with Gasteiger partial charge < -0.3 is 15.5 Å². The Balaban J connectivity index is 1.72. The summed E-state index contributed by atoms with van der Waals surface area (Å²) in [5, 5.41) is 5.58. The van der Waals surface area contributed by atoms with Gasteiger partial charge in [0, 0.05) is 30.6 Å². The Morgan fingerprint density at radius 3 is 2.37 bits per heavy atom. The predicted octanol–water partition coefficient (Wildman–Crippen LogP) is 2.10. The van der Waals surface area contributed by atoms with Crippen molar-refractivity contribution in [2.45, 2.75) is 46.1 Å². The van der Waals surface area contributed by atoms with Crippen molar-refractivity contribution in [3.8, 4) is 0 Å². The van der Waals surface area contributed by atoms with E-state index >= 15 is 0 Å². The Bertz CT molecular complexity index is 683. The smallest absolute Gasteiger partial charge is 0.251 e. The van der Waals surface area contributed by atoms with Crippen LogP contribution in [0.15, 0.2) is 24.3 Å². The largest absolute Gasteiger partial charge is 0.354 e. The number of amides is 3. The molecule has 1 aliphatic rings. The van der Waals surface area contributed by atoms with E-state index in [1.54, 1.807) is 4.90 Å². The minimum atomic E-state index is -0.506. The number of carbonyl (C=O) groups is 3. The molecule has 0 spiro atoms. The predicted molar refractivity (Wildman–Crippen MR) is 101 cm³/mol. The summed E-state index contributed by atoms with van der Waals surface area (Å²) in [4.78, 5) is 38.5. The molecule has 2 rings (SSSR count). The average molecular weight is 377 g/mol. The van der Waals surface area contributed by atoms with Crippen LogP contribution in [0.1, 0.15) is 50.4 Å². The zero-order chi connectivity index (χ0) is 20.0. The second-order valence-corrected chi connectivity index (χ2v) is 7.81. The Hall–Kier alpha value is -2.44. The van der Waals surface area contributed by atoms with Gasteiger partial charge >= 0.3 is 0 Å². The molecule has 0 bridgehead atoms. The maximum absolute atomic E-state index is 12.9. The minimum absolute atomic E-state index is 0.00767. The fourth-order valence-electron chi connectivity index (χ4n) is 3.04. The molecule has 0 aliphatic carbocycles. The van der Waals surface area contributed by atoms with Crippen molar-refractivity contribution in [3.63, 3.8) is 0 Å². The van der Waals surface area contributed by atoms with Gasteiger partial charge in [-0.2, -0.15) is 0 Å². The molecule has 0 unspecified atom stereocenters. The highest BCUT2D eigenvalue weighted by Gasteiger charge is 2.38. The van der Waals surface area contributed by atoms with E-state index in [1.807, 2.05) is 20.8 Å². The van der Waals surface area contributed by atoms with E-state index < -0.39 is 11.5 Å². The van der Waals surface area contributed by atoms with Gasteiger partial charge in [0.2, 0.25) is 11.8 Å². The van der Waals surface area contributed by atoms with Gasteiger partial charge in [0.25, 0.3) is 5.91 Å². The molecular formula is C20H28FN3O3. The van der Waals surface area contributed by atoms with Crippen molar-refractivity contribution in [2.24, 2.45) is 5.41 Å². The van der Waals surface area contributed by atoms with Crippen LogP contribution in [0, 0.1) is 11.2 Å². The second-order valence-electron chi connectivity index (χ2n) is 7.81. The summed E-state index contributed by atoms with van der Waals surface area (Å²) in [5.41, 5.74) is -0.115. The number of rotatable bonds is 6. The third-order valence-electron chi connectivity index (χ3n) is 4.50. The molecule has 148 valence electrons. The zero-order valence-electron chi connectivity index (χ0n) is 16.2. The van der Waals surface area contributed by atoms with Crippen LogP contribution in [0.2, 0.25) is 0 Å². The number of benzene rings is 1. The first kappa shape index (κ1) is 20.9. The fourth-order valence-corrected chi connectivity index (χ4v) is 3.04. The third kappa shape index (κ3) is 5.77. The van der Waals surface area contributed by atoms with Crippen molar-refractivity contribution in [3.05, 3.63) is 35.6 Å². The van der Waals surface area contributed by atoms with Gasteiger partial charge in [-0.05, 0) is 43.5 Å². The number of nitrogens with zero attached hydrogens (tertiary/aromatic N) is 1. The van der Waals surface area contributed by atoms with Gasteiger partial charge in [0.15, 0.2) is 0 Å². The molecule has 7 heteroatoms. The second kappa shape index (κ2) is 8.97. The van der Waals surface area contributed by atoms with E-state index in [4.69, 9.17) is 0 Å². The maximum atomic E-state index is 12.9. The molecule has 2 N–H and O–H groups in total. The van der Waals surface area contributed by atoms with Crippen molar-refractivity contribution >= 4 is 17.7 Å². The van der Waals surface area contributed by atoms with Gasteiger partial charge in [-0.25, -0.2) is 4.39 Å². The standard InChI is InChI=1S/C20H28FN3O3/c1-20(2,3)19(27)24-13-4-6-16(24)18(26)23-12-5-11-22-17(25)14-7-9-15(21)10-8-14/h7-10,16H,4-6,11-13H2,1-3H3,(H,22,25)(H,23,26)/t16-/m0/s1. The van der Waals surface area contributed by atoms with E-state index in [1.165, 1.54) is 24.3 Å². The van der Waals surface area contributed by atoms with Gasteiger partial charge in [-0.3, -0.25) is 14.4 Å². The monoisotopic (exact) mass is 377 g/mol. The summed E-state index contributed by atoms with van der Waals surface area (Å²) in [6.45, 7) is 6.98. The number of hydrogen-bond acceptors (Lipinski definition) is 3. The molecule has 1 aromatic rings. The summed E-state index contributed by atoms with van der Waals surface area (Å²) in [5.74, 6) is -0.819. The molecule has 1 aromatic carbocycles. The number of likely N-dealkylation sites (tertiary alicyclic amines) is 1. The molecule has 1 fully saturated rings. The highest BCUT2D eigenvalue weighted by atomic mass is 19.1. The summed E-state index contributed by atoms with van der Waals surface area (Å²) in [6.07, 6.45) is 2.07. The molecule has 1 saturated heterocycles. The van der Waals surface area contributed by atoms with Crippen molar-refractivity contribution in [1.82, 2.24) is 15.5 Å². The molecule has 1 heterocycles. The van der Waals surface area contributed by atoms with Gasteiger partial charge in [-0.1, -0.05) is 20.8 Å². The average Bonchev–Trinajstić information content (AvgIpc) is 3.09. The van der Waals surface area contributed by atoms with E-state index in [9.17, 15) is 18.8 Å². The molecule has 1 atom stereocenters. The van der Waals surface area contributed by atoms with Crippen LogP contribution in [0.25, 0.3) is 0 Å². The fraction of sp³-hybridized carbons (Fsp3) is 0.550. The van der Waals surface area contributed by atoms with Crippen LogP contribution in [-0.4, -0.2) is 48.3 Å². The molecule has 0 aromatic heterocycles. The molecule has 27 heavy (non-hydrogen) atoms. The lowest BCUT2D eigenvalue weighted by atomic mass is 9.94. The van der Waals surface area contributed by atoms with Crippen LogP contribution in [0.5, 0.6) is 0 Å². The number of halogens is 1. The normalized spacial score (nSPS) is 16.9.